The van der Waals surface area contributed by atoms with Gasteiger partial charge in [-0.1, -0.05) is 35.9 Å². The molecule has 14 heteroatoms. The lowest BCUT2D eigenvalue weighted by molar-refractivity contribution is -0.191. The molecular formula is C25H34ClN5O8. The van der Waals surface area contributed by atoms with Crippen molar-refractivity contribution >= 4 is 35.5 Å². The summed E-state index contributed by atoms with van der Waals surface area (Å²) in [6, 6.07) is 9.06. The van der Waals surface area contributed by atoms with E-state index in [4.69, 9.17) is 45.9 Å². The van der Waals surface area contributed by atoms with Gasteiger partial charge in [-0.3, -0.25) is 9.59 Å². The van der Waals surface area contributed by atoms with Crippen LogP contribution in [0.4, 0.5) is 5.95 Å². The predicted octanol–water partition coefficient (Wildman–Crippen LogP) is 1.24. The van der Waals surface area contributed by atoms with Crippen LogP contribution in [0.5, 0.6) is 5.88 Å². The van der Waals surface area contributed by atoms with Crippen molar-refractivity contribution in [3.8, 4) is 5.88 Å². The van der Waals surface area contributed by atoms with Gasteiger partial charge in [0.25, 0.3) is 0 Å². The first-order valence-electron chi connectivity index (χ1n) is 11.9. The summed E-state index contributed by atoms with van der Waals surface area (Å²) in [6.45, 7) is 5.84. The number of amides is 2. The van der Waals surface area contributed by atoms with E-state index in [9.17, 15) is 9.59 Å². The second-order valence-electron chi connectivity index (χ2n) is 8.19. The summed E-state index contributed by atoms with van der Waals surface area (Å²) in [7, 11) is 1.70. The average molecular weight is 568 g/mol. The van der Waals surface area contributed by atoms with E-state index in [0.29, 0.717) is 32.2 Å². The van der Waals surface area contributed by atoms with E-state index in [-0.39, 0.29) is 61.6 Å². The van der Waals surface area contributed by atoms with Crippen molar-refractivity contribution in [2.24, 2.45) is 0 Å². The standard InChI is InChI=1S/C24H34ClN5O6.CO2/c1-17(2)35-16-23(32)30(3)8-9-33-10-11-34-15-21(31)27-13-18-4-6-19(7-5-18)14-36-22-12-20(25)28-24(26)29-22;2-1-3/h4-7,12,17H,8-11,13-16H2,1-3H3,(H,27,31)(H2,26,28,29);. The number of hydrogen-bond acceptors (Lipinski definition) is 11. The Balaban J connectivity index is 0.00000242. The van der Waals surface area contributed by atoms with Crippen LogP contribution in [0.2, 0.25) is 5.15 Å². The van der Waals surface area contributed by atoms with E-state index in [1.54, 1.807) is 11.9 Å². The Kier molecular flexibility index (Phi) is 16.7. The van der Waals surface area contributed by atoms with Crippen LogP contribution in [0, 0.1) is 0 Å². The van der Waals surface area contributed by atoms with Crippen molar-refractivity contribution in [2.75, 3.05) is 52.4 Å². The van der Waals surface area contributed by atoms with E-state index in [2.05, 4.69) is 15.3 Å². The average Bonchev–Trinajstić information content (AvgIpc) is 2.89. The van der Waals surface area contributed by atoms with Crippen LogP contribution in [0.25, 0.3) is 0 Å². The first-order valence-corrected chi connectivity index (χ1v) is 12.3. The first-order chi connectivity index (χ1) is 18.6. The molecule has 0 saturated carbocycles. The summed E-state index contributed by atoms with van der Waals surface area (Å²) in [5, 5.41) is 3.01. The molecule has 0 radical (unpaired) electrons. The molecule has 0 unspecified atom stereocenters. The molecule has 0 fully saturated rings. The molecule has 0 saturated heterocycles. The van der Waals surface area contributed by atoms with Crippen molar-refractivity contribution in [3.05, 3.63) is 46.6 Å². The Morgan fingerprint density at radius 3 is 2.33 bits per heavy atom. The van der Waals surface area contributed by atoms with Gasteiger partial charge in [0.15, 0.2) is 0 Å². The highest BCUT2D eigenvalue weighted by Crippen LogP contribution is 2.16. The van der Waals surface area contributed by atoms with E-state index < -0.39 is 0 Å². The molecule has 2 amide bonds. The number of nitrogens with two attached hydrogens (primary N) is 1. The fraction of sp³-hybridized carbons (Fsp3) is 0.480. The molecule has 0 bridgehead atoms. The zero-order chi connectivity index (χ0) is 29.0. The van der Waals surface area contributed by atoms with Gasteiger partial charge in [-0.05, 0) is 25.0 Å². The van der Waals surface area contributed by atoms with Crippen LogP contribution >= 0.6 is 11.6 Å². The van der Waals surface area contributed by atoms with Gasteiger partial charge in [-0.25, -0.2) is 4.98 Å². The number of nitrogen functional groups attached to an aromatic ring is 1. The van der Waals surface area contributed by atoms with Crippen molar-refractivity contribution in [2.45, 2.75) is 33.1 Å². The van der Waals surface area contributed by atoms with Gasteiger partial charge in [0, 0.05) is 26.2 Å². The number of halogens is 1. The number of nitrogens with one attached hydrogen (secondary N) is 1. The highest BCUT2D eigenvalue weighted by molar-refractivity contribution is 6.29. The minimum absolute atomic E-state index is 0.0110. The van der Waals surface area contributed by atoms with E-state index >= 15 is 0 Å². The molecule has 2 rings (SSSR count). The Bertz CT molecular complexity index is 1030. The van der Waals surface area contributed by atoms with Gasteiger partial charge in [0.2, 0.25) is 23.6 Å². The third-order valence-corrected chi connectivity index (χ3v) is 4.92. The molecule has 0 aliphatic carbocycles. The van der Waals surface area contributed by atoms with Crippen molar-refractivity contribution in [3.63, 3.8) is 0 Å². The fourth-order valence-electron chi connectivity index (χ4n) is 2.71. The van der Waals surface area contributed by atoms with Crippen LogP contribution in [-0.2, 0) is 46.5 Å². The van der Waals surface area contributed by atoms with Gasteiger partial charge < -0.3 is 34.9 Å². The highest BCUT2D eigenvalue weighted by atomic mass is 35.5. The Morgan fingerprint density at radius 2 is 1.69 bits per heavy atom. The van der Waals surface area contributed by atoms with Gasteiger partial charge in [-0.2, -0.15) is 14.6 Å². The zero-order valence-corrected chi connectivity index (χ0v) is 22.9. The highest BCUT2D eigenvalue weighted by Gasteiger charge is 2.09. The topological polar surface area (TPSA) is 172 Å². The number of rotatable bonds is 16. The maximum absolute atomic E-state index is 12.0. The number of hydrogen-bond donors (Lipinski definition) is 2. The number of benzene rings is 1. The van der Waals surface area contributed by atoms with Crippen LogP contribution in [0.3, 0.4) is 0 Å². The maximum Gasteiger partial charge on any atom is 0.373 e. The normalized spacial score (nSPS) is 10.3. The van der Waals surface area contributed by atoms with Crippen molar-refractivity contribution in [1.29, 1.82) is 0 Å². The van der Waals surface area contributed by atoms with Gasteiger partial charge in [0.1, 0.15) is 25.0 Å². The molecule has 1 aromatic heterocycles. The second-order valence-corrected chi connectivity index (χ2v) is 8.58. The number of ether oxygens (including phenoxy) is 4. The summed E-state index contributed by atoms with van der Waals surface area (Å²) in [5.41, 5.74) is 7.40. The van der Waals surface area contributed by atoms with Crippen LogP contribution in [-0.4, -0.2) is 85.6 Å². The van der Waals surface area contributed by atoms with E-state index in [0.717, 1.165) is 11.1 Å². The molecule has 214 valence electrons. The van der Waals surface area contributed by atoms with Crippen molar-refractivity contribution < 1.29 is 38.1 Å². The molecule has 1 heterocycles. The third-order valence-electron chi connectivity index (χ3n) is 4.73. The Labute approximate surface area is 231 Å². The number of anilines is 1. The predicted molar refractivity (Wildman–Crippen MR) is 139 cm³/mol. The molecule has 13 nitrogen and oxygen atoms in total. The lowest BCUT2D eigenvalue weighted by Crippen LogP contribution is -2.34. The number of carbonyl (C=O) groups is 2. The maximum atomic E-state index is 12.0. The monoisotopic (exact) mass is 567 g/mol. The molecule has 0 aliphatic heterocycles. The molecule has 2 aromatic rings. The number of likely N-dealkylation sites (N-methyl/N-ethyl adjacent to an activating group) is 1. The molecule has 1 aromatic carbocycles. The van der Waals surface area contributed by atoms with E-state index in [1.165, 1.54) is 6.07 Å². The van der Waals surface area contributed by atoms with E-state index in [1.807, 2.05) is 38.1 Å². The largest absolute Gasteiger partial charge is 0.473 e. The zero-order valence-electron chi connectivity index (χ0n) is 22.2. The van der Waals surface area contributed by atoms with Gasteiger partial charge in [0.05, 0.1) is 25.9 Å². The number of carbonyl (C=O) groups excluding carboxylic acids is 4. The Morgan fingerprint density at radius 1 is 1.05 bits per heavy atom. The van der Waals surface area contributed by atoms with Crippen LogP contribution in [0.1, 0.15) is 25.0 Å². The molecule has 3 N–H and O–H groups in total. The smallest absolute Gasteiger partial charge is 0.373 e. The van der Waals surface area contributed by atoms with Crippen LogP contribution in [0.15, 0.2) is 30.3 Å². The summed E-state index contributed by atoms with van der Waals surface area (Å²) in [4.78, 5) is 49.3. The molecular weight excluding hydrogens is 534 g/mol. The summed E-state index contributed by atoms with van der Waals surface area (Å²) in [6.07, 6.45) is 0.261. The summed E-state index contributed by atoms with van der Waals surface area (Å²) < 4.78 is 21.6. The lowest BCUT2D eigenvalue weighted by Gasteiger charge is -2.18. The SMILES string of the molecule is CC(C)OCC(=O)N(C)CCOCCOCC(=O)NCc1ccc(COc2cc(Cl)nc(N)n2)cc1.O=C=O. The quantitative estimate of drug-likeness (QED) is 0.221. The second kappa shape index (κ2) is 19.5. The number of nitrogens with zero attached hydrogens (tertiary/aromatic N) is 3. The van der Waals surface area contributed by atoms with Crippen molar-refractivity contribution in [1.82, 2.24) is 20.2 Å². The number of aromatic nitrogens is 2. The summed E-state index contributed by atoms with van der Waals surface area (Å²) in [5.74, 6) is 0.0193. The van der Waals surface area contributed by atoms with Crippen LogP contribution < -0.4 is 15.8 Å². The first kappa shape index (κ1) is 33.4. The Hall–Kier alpha value is -3.61. The minimum Gasteiger partial charge on any atom is -0.473 e. The van der Waals surface area contributed by atoms with Gasteiger partial charge in [-0.15, -0.1) is 0 Å². The molecule has 0 aliphatic rings. The lowest BCUT2D eigenvalue weighted by atomic mass is 10.1. The molecule has 0 atom stereocenters. The fourth-order valence-corrected chi connectivity index (χ4v) is 2.89. The summed E-state index contributed by atoms with van der Waals surface area (Å²) >= 11 is 5.83. The molecule has 0 spiro atoms. The molecule has 39 heavy (non-hydrogen) atoms. The third kappa shape index (κ3) is 16.1. The minimum atomic E-state index is -0.226. The van der Waals surface area contributed by atoms with Gasteiger partial charge >= 0.3 is 6.15 Å².